The van der Waals surface area contributed by atoms with Crippen molar-refractivity contribution in [3.8, 4) is 0 Å². The van der Waals surface area contributed by atoms with Crippen LogP contribution in [0.5, 0.6) is 0 Å². The summed E-state index contributed by atoms with van der Waals surface area (Å²) in [6, 6.07) is 4.19. The van der Waals surface area contributed by atoms with E-state index in [2.05, 4.69) is 15.9 Å². The van der Waals surface area contributed by atoms with Crippen LogP contribution in [0.25, 0.3) is 0 Å². The fraction of sp³-hybridized carbons (Fsp3) is 0.385. The van der Waals surface area contributed by atoms with Crippen molar-refractivity contribution in [3.05, 3.63) is 38.3 Å². The topological polar surface area (TPSA) is 101 Å². The van der Waals surface area contributed by atoms with E-state index in [1.54, 1.807) is 13.0 Å². The number of nitro benzene ring substituents is 1. The van der Waals surface area contributed by atoms with Gasteiger partial charge in [-0.25, -0.2) is 0 Å². The molecule has 0 bridgehead atoms. The molecule has 1 N–H and O–H groups in total. The summed E-state index contributed by atoms with van der Waals surface area (Å²) < 4.78 is 0.504. The SMILES string of the molecule is C[C@@H]1CN(C(=O)c2ccc(Br)cc2[N+](=O)[O-])C[C@H]1C(=O)O. The summed E-state index contributed by atoms with van der Waals surface area (Å²) in [7, 11) is 0. The Bertz CT molecular complexity index is 619. The number of carboxylic acid groups (broad SMARTS) is 1. The van der Waals surface area contributed by atoms with Crippen LogP contribution >= 0.6 is 15.9 Å². The normalized spacial score (nSPS) is 21.3. The van der Waals surface area contributed by atoms with Gasteiger partial charge in [-0.3, -0.25) is 19.7 Å². The first-order valence-corrected chi connectivity index (χ1v) is 7.06. The van der Waals surface area contributed by atoms with Gasteiger partial charge in [-0.15, -0.1) is 0 Å². The standard InChI is InChI=1S/C13H13BrN2O5/c1-7-5-15(6-10(7)13(18)19)12(17)9-3-2-8(14)4-11(9)16(20)21/h2-4,7,10H,5-6H2,1H3,(H,18,19)/t7-,10-/m1/s1. The minimum absolute atomic E-state index is 0.0264. The summed E-state index contributed by atoms with van der Waals surface area (Å²) in [6.07, 6.45) is 0. The number of aliphatic carboxylic acids is 1. The molecule has 0 saturated carbocycles. The summed E-state index contributed by atoms with van der Waals surface area (Å²) >= 11 is 3.13. The van der Waals surface area contributed by atoms with Crippen molar-refractivity contribution in [2.24, 2.45) is 11.8 Å². The molecule has 0 aliphatic carbocycles. The smallest absolute Gasteiger partial charge is 0.308 e. The van der Waals surface area contributed by atoms with Gasteiger partial charge in [0.15, 0.2) is 0 Å². The highest BCUT2D eigenvalue weighted by atomic mass is 79.9. The van der Waals surface area contributed by atoms with Crippen LogP contribution in [0.15, 0.2) is 22.7 Å². The number of halogens is 1. The summed E-state index contributed by atoms with van der Waals surface area (Å²) in [6.45, 7) is 2.10. The lowest BCUT2D eigenvalue weighted by atomic mass is 9.99. The average Bonchev–Trinajstić information content (AvgIpc) is 2.80. The molecule has 2 atom stereocenters. The zero-order valence-electron chi connectivity index (χ0n) is 11.2. The second kappa shape index (κ2) is 5.80. The third kappa shape index (κ3) is 3.05. The Morgan fingerprint density at radius 3 is 2.62 bits per heavy atom. The maximum Gasteiger partial charge on any atom is 0.308 e. The number of hydrogen-bond acceptors (Lipinski definition) is 4. The van der Waals surface area contributed by atoms with Crippen LogP contribution in [0, 0.1) is 22.0 Å². The third-order valence-electron chi connectivity index (χ3n) is 3.60. The maximum absolute atomic E-state index is 12.4. The quantitative estimate of drug-likeness (QED) is 0.660. The lowest BCUT2D eigenvalue weighted by molar-refractivity contribution is -0.385. The van der Waals surface area contributed by atoms with Gasteiger partial charge in [-0.05, 0) is 18.1 Å². The highest BCUT2D eigenvalue weighted by Gasteiger charge is 2.38. The van der Waals surface area contributed by atoms with Gasteiger partial charge in [-0.2, -0.15) is 0 Å². The molecule has 1 aromatic carbocycles. The number of carbonyl (C=O) groups excluding carboxylic acids is 1. The molecule has 2 rings (SSSR count). The summed E-state index contributed by atoms with van der Waals surface area (Å²) in [5, 5.41) is 20.1. The molecule has 1 aliphatic heterocycles. The molecular weight excluding hydrogens is 344 g/mol. The van der Waals surface area contributed by atoms with E-state index < -0.39 is 22.7 Å². The molecule has 1 fully saturated rings. The van der Waals surface area contributed by atoms with Gasteiger partial charge in [0, 0.05) is 23.6 Å². The summed E-state index contributed by atoms with van der Waals surface area (Å²) in [5.41, 5.74) is -0.317. The molecule has 0 unspecified atom stereocenters. The Labute approximate surface area is 128 Å². The first-order valence-electron chi connectivity index (χ1n) is 6.27. The van der Waals surface area contributed by atoms with E-state index in [1.807, 2.05) is 0 Å². The molecule has 0 aromatic heterocycles. The number of carboxylic acids is 1. The molecule has 1 saturated heterocycles. The Balaban J connectivity index is 2.30. The van der Waals surface area contributed by atoms with Crippen molar-refractivity contribution in [3.63, 3.8) is 0 Å². The van der Waals surface area contributed by atoms with E-state index >= 15 is 0 Å². The highest BCUT2D eigenvalue weighted by Crippen LogP contribution is 2.29. The van der Waals surface area contributed by atoms with Gasteiger partial charge in [0.2, 0.25) is 0 Å². The lowest BCUT2D eigenvalue weighted by Crippen LogP contribution is -2.30. The number of amides is 1. The van der Waals surface area contributed by atoms with Crippen LogP contribution in [-0.2, 0) is 4.79 Å². The van der Waals surface area contributed by atoms with Crippen molar-refractivity contribution in [1.29, 1.82) is 0 Å². The molecule has 1 aliphatic rings. The predicted molar refractivity (Wildman–Crippen MR) is 77.0 cm³/mol. The Hall–Kier alpha value is -1.96. The molecule has 7 nitrogen and oxygen atoms in total. The van der Waals surface area contributed by atoms with Crippen molar-refractivity contribution >= 4 is 33.5 Å². The van der Waals surface area contributed by atoms with E-state index in [1.165, 1.54) is 17.0 Å². The van der Waals surface area contributed by atoms with Crippen LogP contribution in [0.4, 0.5) is 5.69 Å². The molecule has 1 aromatic rings. The molecule has 112 valence electrons. The molecule has 0 spiro atoms. The maximum atomic E-state index is 12.4. The molecular formula is C13H13BrN2O5. The fourth-order valence-corrected chi connectivity index (χ4v) is 2.81. The predicted octanol–water partition coefficient (Wildman–Crippen LogP) is 2.15. The van der Waals surface area contributed by atoms with Gasteiger partial charge in [0.05, 0.1) is 10.8 Å². The van der Waals surface area contributed by atoms with Crippen LogP contribution in [0.2, 0.25) is 0 Å². The van der Waals surface area contributed by atoms with Crippen molar-refractivity contribution in [2.75, 3.05) is 13.1 Å². The van der Waals surface area contributed by atoms with Crippen molar-refractivity contribution in [2.45, 2.75) is 6.92 Å². The first-order chi connectivity index (χ1) is 9.81. The summed E-state index contributed by atoms with van der Waals surface area (Å²) in [5.74, 6) is -2.28. The van der Waals surface area contributed by atoms with E-state index in [0.29, 0.717) is 4.47 Å². The number of rotatable bonds is 3. The summed E-state index contributed by atoms with van der Waals surface area (Å²) in [4.78, 5) is 35.3. The van der Waals surface area contributed by atoms with Gasteiger partial charge in [-0.1, -0.05) is 22.9 Å². The number of likely N-dealkylation sites (tertiary alicyclic amines) is 1. The van der Waals surface area contributed by atoms with E-state index in [-0.39, 0.29) is 30.3 Å². The monoisotopic (exact) mass is 356 g/mol. The molecule has 8 heteroatoms. The average molecular weight is 357 g/mol. The van der Waals surface area contributed by atoms with Crippen LogP contribution < -0.4 is 0 Å². The van der Waals surface area contributed by atoms with Crippen LogP contribution in [-0.4, -0.2) is 39.9 Å². The van der Waals surface area contributed by atoms with Crippen LogP contribution in [0.1, 0.15) is 17.3 Å². The third-order valence-corrected chi connectivity index (χ3v) is 4.10. The zero-order chi connectivity index (χ0) is 15.7. The second-order valence-corrected chi connectivity index (χ2v) is 5.97. The number of carbonyl (C=O) groups is 2. The molecule has 0 radical (unpaired) electrons. The Morgan fingerprint density at radius 2 is 2.10 bits per heavy atom. The highest BCUT2D eigenvalue weighted by molar-refractivity contribution is 9.10. The van der Waals surface area contributed by atoms with Gasteiger partial charge >= 0.3 is 5.97 Å². The van der Waals surface area contributed by atoms with Gasteiger partial charge in [0.1, 0.15) is 5.56 Å². The van der Waals surface area contributed by atoms with Crippen molar-refractivity contribution in [1.82, 2.24) is 4.90 Å². The minimum atomic E-state index is -0.955. The largest absolute Gasteiger partial charge is 0.481 e. The number of nitro groups is 1. The van der Waals surface area contributed by atoms with E-state index in [9.17, 15) is 19.7 Å². The van der Waals surface area contributed by atoms with Crippen molar-refractivity contribution < 1.29 is 19.6 Å². The fourth-order valence-electron chi connectivity index (χ4n) is 2.46. The van der Waals surface area contributed by atoms with E-state index in [0.717, 1.165) is 0 Å². The van der Waals surface area contributed by atoms with Gasteiger partial charge in [0.25, 0.3) is 11.6 Å². The molecule has 1 heterocycles. The number of hydrogen-bond donors (Lipinski definition) is 1. The molecule has 1 amide bonds. The minimum Gasteiger partial charge on any atom is -0.481 e. The second-order valence-electron chi connectivity index (χ2n) is 5.05. The number of nitrogens with zero attached hydrogens (tertiary/aromatic N) is 2. The first kappa shape index (κ1) is 15.4. The zero-order valence-corrected chi connectivity index (χ0v) is 12.7. The number of benzene rings is 1. The lowest BCUT2D eigenvalue weighted by Gasteiger charge is -2.16. The molecule has 21 heavy (non-hydrogen) atoms. The van der Waals surface area contributed by atoms with Gasteiger partial charge < -0.3 is 10.0 Å². The Kier molecular flexibility index (Phi) is 4.26. The Morgan fingerprint density at radius 1 is 1.43 bits per heavy atom. The van der Waals surface area contributed by atoms with Crippen LogP contribution in [0.3, 0.4) is 0 Å². The van der Waals surface area contributed by atoms with E-state index in [4.69, 9.17) is 5.11 Å².